The fourth-order valence-electron chi connectivity index (χ4n) is 4.46. The zero-order chi connectivity index (χ0) is 26.6. The zero-order valence-corrected chi connectivity index (χ0v) is 22.5. The smallest absolute Gasteiger partial charge is 0.338 e. The Labute approximate surface area is 228 Å². The predicted octanol–water partition coefficient (Wildman–Crippen LogP) is 5.03. The van der Waals surface area contributed by atoms with Crippen LogP contribution in [0.5, 0.6) is 5.75 Å². The van der Waals surface area contributed by atoms with Crippen molar-refractivity contribution in [1.29, 1.82) is 0 Å². The number of aromatic nitrogens is 1. The van der Waals surface area contributed by atoms with Gasteiger partial charge in [-0.3, -0.25) is 9.36 Å². The Balaban J connectivity index is 1.65. The third-order valence-corrected chi connectivity index (χ3v) is 7.48. The molecule has 1 atom stereocenters. The van der Waals surface area contributed by atoms with Crippen molar-refractivity contribution in [2.45, 2.75) is 26.0 Å². The van der Waals surface area contributed by atoms with E-state index in [1.807, 2.05) is 67.6 Å². The van der Waals surface area contributed by atoms with Gasteiger partial charge in [0.15, 0.2) is 4.80 Å². The molecule has 6 nitrogen and oxygen atoms in total. The van der Waals surface area contributed by atoms with Crippen LogP contribution in [0.15, 0.2) is 99.9 Å². The van der Waals surface area contributed by atoms with E-state index in [0.717, 1.165) is 11.1 Å². The van der Waals surface area contributed by atoms with Crippen LogP contribution in [0.3, 0.4) is 0 Å². The number of hydrogen-bond donors (Lipinski definition) is 0. The summed E-state index contributed by atoms with van der Waals surface area (Å²) < 4.78 is 13.2. The molecule has 0 fully saturated rings. The second kappa shape index (κ2) is 11.2. The number of thiazole rings is 1. The number of esters is 1. The minimum atomic E-state index is -0.648. The average Bonchev–Trinajstić information content (AvgIpc) is 3.26. The highest BCUT2D eigenvalue weighted by Gasteiger charge is 2.33. The van der Waals surface area contributed by atoms with Crippen LogP contribution in [0.25, 0.3) is 6.08 Å². The van der Waals surface area contributed by atoms with Crippen LogP contribution in [0.4, 0.5) is 0 Å². The summed E-state index contributed by atoms with van der Waals surface area (Å²) in [5.74, 6) is 0.105. The van der Waals surface area contributed by atoms with Crippen molar-refractivity contribution in [3.8, 4) is 5.75 Å². The average molecular weight is 545 g/mol. The molecule has 1 aliphatic heterocycles. The molecular formula is C30H25ClN2O4S. The predicted molar refractivity (Wildman–Crippen MR) is 149 cm³/mol. The first-order valence-corrected chi connectivity index (χ1v) is 13.3. The maximum absolute atomic E-state index is 13.9. The highest BCUT2D eigenvalue weighted by Crippen LogP contribution is 2.32. The Morgan fingerprint density at radius 2 is 1.79 bits per heavy atom. The Hall–Kier alpha value is -3.94. The first-order chi connectivity index (χ1) is 18.5. The van der Waals surface area contributed by atoms with Crippen molar-refractivity contribution in [2.75, 3.05) is 7.11 Å². The van der Waals surface area contributed by atoms with Crippen LogP contribution >= 0.6 is 22.9 Å². The van der Waals surface area contributed by atoms with Crippen LogP contribution in [0.1, 0.15) is 36.1 Å². The van der Waals surface area contributed by atoms with Crippen molar-refractivity contribution in [3.63, 3.8) is 0 Å². The van der Waals surface area contributed by atoms with Gasteiger partial charge in [0.1, 0.15) is 12.4 Å². The molecule has 0 saturated carbocycles. The molecule has 38 heavy (non-hydrogen) atoms. The van der Waals surface area contributed by atoms with E-state index in [1.165, 1.54) is 18.4 Å². The molecule has 0 spiro atoms. The van der Waals surface area contributed by atoms with E-state index in [1.54, 1.807) is 28.8 Å². The van der Waals surface area contributed by atoms with Crippen LogP contribution in [-0.4, -0.2) is 17.6 Å². The lowest BCUT2D eigenvalue weighted by atomic mass is 9.95. The summed E-state index contributed by atoms with van der Waals surface area (Å²) >= 11 is 7.59. The lowest BCUT2D eigenvalue weighted by Crippen LogP contribution is -2.40. The van der Waals surface area contributed by atoms with Gasteiger partial charge in [0, 0.05) is 10.6 Å². The number of fused-ring (bicyclic) bond motifs is 1. The third kappa shape index (κ3) is 5.08. The maximum Gasteiger partial charge on any atom is 0.338 e. The summed E-state index contributed by atoms with van der Waals surface area (Å²) in [4.78, 5) is 32.0. The van der Waals surface area contributed by atoms with E-state index >= 15 is 0 Å². The van der Waals surface area contributed by atoms with Crippen molar-refractivity contribution in [2.24, 2.45) is 4.99 Å². The van der Waals surface area contributed by atoms with Gasteiger partial charge in [0.25, 0.3) is 5.56 Å². The molecule has 3 aromatic carbocycles. The fraction of sp³-hybridized carbons (Fsp3) is 0.167. The topological polar surface area (TPSA) is 69.9 Å². The summed E-state index contributed by atoms with van der Waals surface area (Å²) in [5, 5.41) is 0.527. The van der Waals surface area contributed by atoms with Gasteiger partial charge in [0.2, 0.25) is 0 Å². The fourth-order valence-corrected chi connectivity index (χ4v) is 5.65. The van der Waals surface area contributed by atoms with Gasteiger partial charge in [-0.25, -0.2) is 9.79 Å². The molecule has 4 aromatic rings. The number of carbonyl (C=O) groups excluding carboxylic acids is 1. The molecule has 5 rings (SSSR count). The van der Waals surface area contributed by atoms with Crippen LogP contribution in [0, 0.1) is 0 Å². The van der Waals surface area contributed by atoms with E-state index in [4.69, 9.17) is 26.1 Å². The number of hydrogen-bond acceptors (Lipinski definition) is 6. The normalized spacial score (nSPS) is 15.1. The largest absolute Gasteiger partial charge is 0.488 e. The molecular weight excluding hydrogens is 520 g/mol. The van der Waals surface area contributed by atoms with Gasteiger partial charge in [-0.15, -0.1) is 0 Å². The third-order valence-electron chi connectivity index (χ3n) is 6.26. The van der Waals surface area contributed by atoms with Crippen molar-refractivity contribution in [1.82, 2.24) is 4.57 Å². The van der Waals surface area contributed by atoms with Gasteiger partial charge in [-0.1, -0.05) is 90.5 Å². The van der Waals surface area contributed by atoms with Gasteiger partial charge in [0.05, 0.1) is 29.0 Å². The Morgan fingerprint density at radius 1 is 1.08 bits per heavy atom. The number of carbonyl (C=O) groups is 1. The second-order valence-corrected chi connectivity index (χ2v) is 10.1. The molecule has 0 amide bonds. The van der Waals surface area contributed by atoms with E-state index in [-0.39, 0.29) is 5.56 Å². The summed E-state index contributed by atoms with van der Waals surface area (Å²) in [6.45, 7) is 2.31. The van der Waals surface area contributed by atoms with Crippen LogP contribution in [0.2, 0.25) is 5.02 Å². The van der Waals surface area contributed by atoms with Gasteiger partial charge in [-0.2, -0.15) is 0 Å². The standard InChI is InChI=1S/C30H25ClN2O4S/c1-3-23-26(29(35)36-2)27(20-12-8-5-9-13-20)33-28(34)25(38-30(33)32-23)17-21-16-22(31)14-15-24(21)37-18-19-10-6-4-7-11-19/h4-17,27H,3,18H2,1-2H3/b25-17+/t27-/m0/s1. The number of halogens is 1. The minimum absolute atomic E-state index is 0.256. The summed E-state index contributed by atoms with van der Waals surface area (Å²) in [6, 6.07) is 24.0. The maximum atomic E-state index is 13.9. The molecule has 0 aliphatic carbocycles. The highest BCUT2D eigenvalue weighted by molar-refractivity contribution is 7.07. The number of rotatable bonds is 7. The number of ether oxygens (including phenoxy) is 2. The van der Waals surface area contributed by atoms with E-state index in [0.29, 0.717) is 50.0 Å². The Bertz CT molecular complexity index is 1690. The number of methoxy groups -OCH3 is 1. The van der Waals surface area contributed by atoms with Crippen LogP contribution in [-0.2, 0) is 16.1 Å². The summed E-state index contributed by atoms with van der Waals surface area (Å²) in [5.41, 5.74) is 3.23. The van der Waals surface area contributed by atoms with Gasteiger partial charge in [-0.05, 0) is 41.8 Å². The molecule has 1 aromatic heterocycles. The summed E-state index contributed by atoms with van der Waals surface area (Å²) in [6.07, 6.45) is 2.29. The number of benzene rings is 3. The zero-order valence-electron chi connectivity index (χ0n) is 20.9. The van der Waals surface area contributed by atoms with Gasteiger partial charge < -0.3 is 9.47 Å². The van der Waals surface area contributed by atoms with Gasteiger partial charge >= 0.3 is 5.97 Å². The van der Waals surface area contributed by atoms with Crippen molar-refractivity contribution < 1.29 is 14.3 Å². The molecule has 192 valence electrons. The second-order valence-electron chi connectivity index (χ2n) is 8.66. The summed E-state index contributed by atoms with van der Waals surface area (Å²) in [7, 11) is 1.34. The lowest BCUT2D eigenvalue weighted by molar-refractivity contribution is -0.136. The monoisotopic (exact) mass is 544 g/mol. The molecule has 0 radical (unpaired) electrons. The highest BCUT2D eigenvalue weighted by atomic mass is 35.5. The first kappa shape index (κ1) is 25.7. The lowest BCUT2D eigenvalue weighted by Gasteiger charge is -2.25. The Kier molecular flexibility index (Phi) is 7.58. The number of nitrogens with zero attached hydrogens (tertiary/aromatic N) is 2. The molecule has 0 bridgehead atoms. The SMILES string of the molecule is CCC1=C(C(=O)OC)[C@H](c2ccccc2)n2c(s/c(=C/c3cc(Cl)ccc3OCc3ccccc3)c2=O)=N1. The van der Waals surface area contributed by atoms with Crippen molar-refractivity contribution >= 4 is 35.0 Å². The van der Waals surface area contributed by atoms with E-state index < -0.39 is 12.0 Å². The molecule has 2 heterocycles. The first-order valence-electron chi connectivity index (χ1n) is 12.1. The van der Waals surface area contributed by atoms with Crippen molar-refractivity contribution in [3.05, 3.63) is 132 Å². The minimum Gasteiger partial charge on any atom is -0.488 e. The van der Waals surface area contributed by atoms with E-state index in [2.05, 4.69) is 0 Å². The molecule has 1 aliphatic rings. The van der Waals surface area contributed by atoms with E-state index in [9.17, 15) is 9.59 Å². The quantitative estimate of drug-likeness (QED) is 0.306. The molecule has 0 saturated heterocycles. The number of allylic oxidation sites excluding steroid dienone is 1. The molecule has 0 unspecified atom stereocenters. The molecule has 0 N–H and O–H groups in total. The van der Waals surface area contributed by atoms with Crippen LogP contribution < -0.4 is 19.6 Å². The Morgan fingerprint density at radius 3 is 2.47 bits per heavy atom. The molecule has 8 heteroatoms.